The first-order valence-corrected chi connectivity index (χ1v) is 8.31. The van der Waals surface area contributed by atoms with Crippen molar-refractivity contribution in [3.05, 3.63) is 36.1 Å². The number of esters is 1. The van der Waals surface area contributed by atoms with E-state index in [2.05, 4.69) is 13.8 Å². The Morgan fingerprint density at radius 1 is 1.22 bits per heavy atom. The lowest BCUT2D eigenvalue weighted by Gasteiger charge is -2.14. The highest BCUT2D eigenvalue weighted by atomic mass is 16.5. The smallest absolute Gasteiger partial charge is 0.313 e. The Labute approximate surface area is 136 Å². The molecular formula is C19H24O4. The molecule has 0 aliphatic rings. The maximum atomic E-state index is 12.1. The summed E-state index contributed by atoms with van der Waals surface area (Å²) in [6, 6.07) is 9.05. The molecular weight excluding hydrogens is 292 g/mol. The summed E-state index contributed by atoms with van der Waals surface area (Å²) >= 11 is 0. The fourth-order valence-electron chi connectivity index (χ4n) is 2.50. The number of hydrogen-bond donors (Lipinski definition) is 0. The van der Waals surface area contributed by atoms with E-state index < -0.39 is 5.97 Å². The number of carbonyl (C=O) groups excluding carboxylic acids is 2. The van der Waals surface area contributed by atoms with Gasteiger partial charge >= 0.3 is 5.97 Å². The number of hydrogen-bond acceptors (Lipinski definition) is 4. The van der Waals surface area contributed by atoms with Gasteiger partial charge in [-0.3, -0.25) is 9.59 Å². The standard InChI is InChI=1S/C19H24O4/c1-3-5-8-14(4-2)13-22-19(21)12-16(20)18-11-15-9-6-7-10-17(15)23-18/h6-7,9-11,14H,3-5,8,12-13H2,1-2H3. The minimum absolute atomic E-state index is 0.209. The first kappa shape index (κ1) is 17.3. The minimum atomic E-state index is -0.481. The highest BCUT2D eigenvalue weighted by Gasteiger charge is 2.18. The molecule has 4 nitrogen and oxygen atoms in total. The zero-order valence-corrected chi connectivity index (χ0v) is 13.8. The predicted molar refractivity (Wildman–Crippen MR) is 89.4 cm³/mol. The van der Waals surface area contributed by atoms with Crippen LogP contribution in [0.3, 0.4) is 0 Å². The lowest BCUT2D eigenvalue weighted by atomic mass is 10.0. The van der Waals surface area contributed by atoms with Crippen LogP contribution >= 0.6 is 0 Å². The lowest BCUT2D eigenvalue weighted by molar-refractivity contribution is -0.144. The second kappa shape index (κ2) is 8.51. The van der Waals surface area contributed by atoms with Crippen LogP contribution in [0.4, 0.5) is 0 Å². The Morgan fingerprint density at radius 2 is 2.00 bits per heavy atom. The van der Waals surface area contributed by atoms with Gasteiger partial charge in [0.15, 0.2) is 5.76 Å². The van der Waals surface area contributed by atoms with Crippen LogP contribution in [0.25, 0.3) is 11.0 Å². The number of furan rings is 1. The summed E-state index contributed by atoms with van der Waals surface area (Å²) < 4.78 is 10.7. The van der Waals surface area contributed by atoms with Gasteiger partial charge in [0.2, 0.25) is 5.78 Å². The van der Waals surface area contributed by atoms with Gasteiger partial charge in [-0.05, 0) is 24.5 Å². The molecule has 1 heterocycles. The molecule has 0 fully saturated rings. The molecule has 124 valence electrons. The van der Waals surface area contributed by atoms with Crippen molar-refractivity contribution in [1.82, 2.24) is 0 Å². The minimum Gasteiger partial charge on any atom is -0.465 e. The molecule has 0 amide bonds. The number of Topliss-reactive ketones (excluding diaryl/α,β-unsaturated/α-hetero) is 1. The van der Waals surface area contributed by atoms with Crippen LogP contribution < -0.4 is 0 Å². The van der Waals surface area contributed by atoms with E-state index in [-0.39, 0.29) is 18.0 Å². The van der Waals surface area contributed by atoms with Crippen molar-refractivity contribution in [2.45, 2.75) is 46.0 Å². The third kappa shape index (κ3) is 4.95. The third-order valence-electron chi connectivity index (χ3n) is 4.03. The quantitative estimate of drug-likeness (QED) is 0.380. The monoisotopic (exact) mass is 316 g/mol. The summed E-state index contributed by atoms with van der Waals surface area (Å²) in [6.07, 6.45) is 4.02. The SMILES string of the molecule is CCCCC(CC)COC(=O)CC(=O)c1cc2ccccc2o1. The van der Waals surface area contributed by atoms with Crippen LogP contribution in [0.2, 0.25) is 0 Å². The van der Waals surface area contributed by atoms with E-state index in [4.69, 9.17) is 9.15 Å². The van der Waals surface area contributed by atoms with E-state index in [1.54, 1.807) is 12.1 Å². The van der Waals surface area contributed by atoms with Crippen molar-refractivity contribution in [2.24, 2.45) is 5.92 Å². The van der Waals surface area contributed by atoms with Crippen molar-refractivity contribution >= 4 is 22.7 Å². The molecule has 0 aliphatic carbocycles. The maximum Gasteiger partial charge on any atom is 0.313 e. The Morgan fingerprint density at radius 3 is 2.70 bits per heavy atom. The number of rotatable bonds is 9. The molecule has 1 aromatic heterocycles. The molecule has 0 bridgehead atoms. The zero-order chi connectivity index (χ0) is 16.7. The Bertz CT molecular complexity index is 623. The molecule has 0 N–H and O–H groups in total. The molecule has 2 rings (SSSR count). The molecule has 0 saturated heterocycles. The van der Waals surface area contributed by atoms with E-state index >= 15 is 0 Å². The maximum absolute atomic E-state index is 12.1. The van der Waals surface area contributed by atoms with Gasteiger partial charge < -0.3 is 9.15 Å². The lowest BCUT2D eigenvalue weighted by Crippen LogP contribution is -2.16. The summed E-state index contributed by atoms with van der Waals surface area (Å²) in [5, 5.41) is 0.856. The second-order valence-corrected chi connectivity index (χ2v) is 5.85. The van der Waals surface area contributed by atoms with Crippen LogP contribution in [0.5, 0.6) is 0 Å². The van der Waals surface area contributed by atoms with Crippen LogP contribution in [-0.2, 0) is 9.53 Å². The number of para-hydroxylation sites is 1. The van der Waals surface area contributed by atoms with Crippen molar-refractivity contribution in [1.29, 1.82) is 0 Å². The van der Waals surface area contributed by atoms with Crippen molar-refractivity contribution < 1.29 is 18.7 Å². The topological polar surface area (TPSA) is 56.5 Å². The van der Waals surface area contributed by atoms with Gasteiger partial charge in [-0.1, -0.05) is 51.3 Å². The first-order chi connectivity index (χ1) is 11.1. The number of unbranched alkanes of at least 4 members (excludes halogenated alkanes) is 1. The molecule has 4 heteroatoms. The van der Waals surface area contributed by atoms with Gasteiger partial charge in [-0.15, -0.1) is 0 Å². The third-order valence-corrected chi connectivity index (χ3v) is 4.03. The molecule has 0 spiro atoms. The van der Waals surface area contributed by atoms with Gasteiger partial charge in [-0.25, -0.2) is 0 Å². The summed E-state index contributed by atoms with van der Waals surface area (Å²) in [7, 11) is 0. The van der Waals surface area contributed by atoms with E-state index in [1.165, 1.54) is 0 Å². The molecule has 23 heavy (non-hydrogen) atoms. The molecule has 0 aliphatic heterocycles. The highest BCUT2D eigenvalue weighted by Crippen LogP contribution is 2.20. The first-order valence-electron chi connectivity index (χ1n) is 8.31. The average molecular weight is 316 g/mol. The van der Waals surface area contributed by atoms with Crippen LogP contribution in [0, 0.1) is 5.92 Å². The van der Waals surface area contributed by atoms with Crippen LogP contribution in [-0.4, -0.2) is 18.4 Å². The highest BCUT2D eigenvalue weighted by molar-refractivity contribution is 6.06. The molecule has 2 aromatic rings. The van der Waals surface area contributed by atoms with Gasteiger partial charge in [0.1, 0.15) is 12.0 Å². The molecule has 1 unspecified atom stereocenters. The second-order valence-electron chi connectivity index (χ2n) is 5.85. The van der Waals surface area contributed by atoms with Crippen molar-refractivity contribution in [3.63, 3.8) is 0 Å². The average Bonchev–Trinajstić information content (AvgIpc) is 2.99. The van der Waals surface area contributed by atoms with E-state index in [0.717, 1.165) is 31.1 Å². The Balaban J connectivity index is 1.85. The molecule has 1 atom stereocenters. The van der Waals surface area contributed by atoms with Gasteiger partial charge in [-0.2, -0.15) is 0 Å². The summed E-state index contributed by atoms with van der Waals surface area (Å²) in [6.45, 7) is 4.63. The molecule has 0 radical (unpaired) electrons. The van der Waals surface area contributed by atoms with Crippen molar-refractivity contribution in [3.8, 4) is 0 Å². The summed E-state index contributed by atoms with van der Waals surface area (Å²) in [5.74, 6) is -0.236. The summed E-state index contributed by atoms with van der Waals surface area (Å²) in [5.41, 5.74) is 0.648. The van der Waals surface area contributed by atoms with Gasteiger partial charge in [0.25, 0.3) is 0 Å². The van der Waals surface area contributed by atoms with Gasteiger partial charge in [0, 0.05) is 5.39 Å². The van der Waals surface area contributed by atoms with Crippen LogP contribution in [0.15, 0.2) is 34.7 Å². The molecule has 0 saturated carbocycles. The van der Waals surface area contributed by atoms with Crippen LogP contribution in [0.1, 0.15) is 56.5 Å². The van der Waals surface area contributed by atoms with E-state index in [1.807, 2.05) is 18.2 Å². The summed E-state index contributed by atoms with van der Waals surface area (Å²) in [4.78, 5) is 24.0. The molecule has 1 aromatic carbocycles. The van der Waals surface area contributed by atoms with Crippen molar-refractivity contribution in [2.75, 3.05) is 6.61 Å². The normalized spacial score (nSPS) is 12.3. The number of fused-ring (bicyclic) bond motifs is 1. The van der Waals surface area contributed by atoms with E-state index in [9.17, 15) is 9.59 Å². The zero-order valence-electron chi connectivity index (χ0n) is 13.8. The number of carbonyl (C=O) groups is 2. The number of ether oxygens (including phenoxy) is 1. The Hall–Kier alpha value is -2.10. The predicted octanol–water partition coefficient (Wildman–Crippen LogP) is 4.77. The number of ketones is 1. The van der Waals surface area contributed by atoms with E-state index in [0.29, 0.717) is 18.1 Å². The fraction of sp³-hybridized carbons (Fsp3) is 0.474. The Kier molecular flexibility index (Phi) is 6.39. The largest absolute Gasteiger partial charge is 0.465 e. The van der Waals surface area contributed by atoms with Gasteiger partial charge in [0.05, 0.1) is 6.61 Å². The fourth-order valence-corrected chi connectivity index (χ4v) is 2.50. The number of benzene rings is 1.